The van der Waals surface area contributed by atoms with Crippen molar-refractivity contribution in [1.29, 1.82) is 5.41 Å². The Labute approximate surface area is 212 Å². The van der Waals surface area contributed by atoms with Gasteiger partial charge in [0.15, 0.2) is 5.69 Å². The second-order valence-corrected chi connectivity index (χ2v) is 7.91. The zero-order valence-corrected chi connectivity index (χ0v) is 19.6. The van der Waals surface area contributed by atoms with Crippen molar-refractivity contribution in [3.05, 3.63) is 94.7 Å². The third-order valence-electron chi connectivity index (χ3n) is 5.24. The predicted molar refractivity (Wildman–Crippen MR) is 131 cm³/mol. The van der Waals surface area contributed by atoms with Crippen LogP contribution in [0.4, 0.5) is 27.6 Å². The maximum atomic E-state index is 12.9. The van der Waals surface area contributed by atoms with Crippen LogP contribution in [0.3, 0.4) is 0 Å². The molecule has 4 aromatic rings. The first-order valence-electron chi connectivity index (χ1n) is 10.9. The molecular weight excluding hydrogens is 511 g/mol. The molecule has 13 heteroatoms. The fraction of sp³-hybridized carbons (Fsp3) is 0.120. The average Bonchev–Trinajstić information content (AvgIpc) is 3.34. The van der Waals surface area contributed by atoms with Gasteiger partial charge in [0.25, 0.3) is 0 Å². The van der Waals surface area contributed by atoms with Crippen LogP contribution in [0, 0.1) is 12.3 Å². The van der Waals surface area contributed by atoms with Gasteiger partial charge in [0, 0.05) is 42.0 Å². The number of nitrogens with one attached hydrogen (secondary N) is 2. The summed E-state index contributed by atoms with van der Waals surface area (Å²) in [6.45, 7) is -0.987. The molecule has 0 aliphatic heterocycles. The number of allylic oxidation sites excluding steroid dienone is 1. The molecule has 0 radical (unpaired) electrons. The number of benzene rings is 2. The van der Waals surface area contributed by atoms with Gasteiger partial charge in [0.05, 0.1) is 17.6 Å². The van der Waals surface area contributed by atoms with Gasteiger partial charge in [0.2, 0.25) is 5.43 Å². The Morgan fingerprint density at radius 1 is 1.13 bits per heavy atom. The molecular formula is C25H19F5N6O2. The summed E-state index contributed by atoms with van der Waals surface area (Å²) in [4.78, 5) is 12.7. The Hall–Kier alpha value is -4.81. The Morgan fingerprint density at radius 2 is 1.92 bits per heavy atom. The Balaban J connectivity index is 1.66. The normalized spacial score (nSPS) is 12.0. The van der Waals surface area contributed by atoms with Crippen molar-refractivity contribution in [3.63, 3.8) is 0 Å². The summed E-state index contributed by atoms with van der Waals surface area (Å²) in [7, 11) is 0. The van der Waals surface area contributed by atoms with E-state index in [-0.39, 0.29) is 17.1 Å². The lowest BCUT2D eigenvalue weighted by molar-refractivity contribution is -0.274. The van der Waals surface area contributed by atoms with E-state index in [9.17, 15) is 26.7 Å². The summed E-state index contributed by atoms with van der Waals surface area (Å²) in [5, 5.41) is 18.3. The van der Waals surface area contributed by atoms with E-state index in [4.69, 9.17) is 5.41 Å². The average molecular weight is 530 g/mol. The van der Waals surface area contributed by atoms with Gasteiger partial charge in [-0.25, -0.2) is 9.36 Å². The molecule has 2 N–H and O–H groups in total. The molecule has 0 saturated heterocycles. The minimum atomic E-state index is -4.88. The van der Waals surface area contributed by atoms with E-state index in [1.807, 2.05) is 0 Å². The number of ether oxygens (including phenoxy) is 1. The topological polar surface area (TPSA) is 97.8 Å². The lowest BCUT2D eigenvalue weighted by atomic mass is 10.1. The van der Waals surface area contributed by atoms with E-state index in [1.54, 1.807) is 25.1 Å². The number of hydrogen-bond donors (Lipinski definition) is 2. The molecule has 0 aliphatic carbocycles. The lowest BCUT2D eigenvalue weighted by Crippen LogP contribution is -2.19. The van der Waals surface area contributed by atoms with Crippen LogP contribution < -0.4 is 15.5 Å². The van der Waals surface area contributed by atoms with E-state index in [2.05, 4.69) is 20.3 Å². The molecule has 38 heavy (non-hydrogen) atoms. The Kier molecular flexibility index (Phi) is 7.37. The number of hydrogen-bond acceptors (Lipinski definition) is 6. The molecule has 8 nitrogen and oxygen atoms in total. The highest BCUT2D eigenvalue weighted by Crippen LogP contribution is 2.27. The summed E-state index contributed by atoms with van der Waals surface area (Å²) >= 11 is 0. The number of aryl methyl sites for hydroxylation is 1. The minimum absolute atomic E-state index is 0.0668. The van der Waals surface area contributed by atoms with Crippen LogP contribution in [0.25, 0.3) is 22.5 Å². The van der Waals surface area contributed by atoms with E-state index < -0.39 is 24.1 Å². The number of anilines is 1. The molecule has 2 aromatic heterocycles. The lowest BCUT2D eigenvalue weighted by Gasteiger charge is -2.15. The molecule has 196 valence electrons. The van der Waals surface area contributed by atoms with Gasteiger partial charge in [-0.3, -0.25) is 4.79 Å². The van der Waals surface area contributed by atoms with Crippen molar-refractivity contribution in [2.45, 2.75) is 19.8 Å². The van der Waals surface area contributed by atoms with E-state index in [1.165, 1.54) is 47.5 Å². The molecule has 0 saturated carbocycles. The van der Waals surface area contributed by atoms with Crippen LogP contribution in [-0.2, 0) is 0 Å². The first-order valence-corrected chi connectivity index (χ1v) is 10.9. The third-order valence-corrected chi connectivity index (χ3v) is 5.24. The fourth-order valence-electron chi connectivity index (χ4n) is 3.60. The number of aromatic nitrogens is 4. The second kappa shape index (κ2) is 10.7. The van der Waals surface area contributed by atoms with Gasteiger partial charge in [-0.1, -0.05) is 12.1 Å². The smallest absolute Gasteiger partial charge is 0.406 e. The molecule has 0 amide bonds. The predicted octanol–water partition coefficient (Wildman–Crippen LogP) is 5.80. The largest absolute Gasteiger partial charge is 0.573 e. The monoisotopic (exact) mass is 530 g/mol. The van der Waals surface area contributed by atoms with Crippen molar-refractivity contribution < 1.29 is 26.7 Å². The zero-order valence-electron chi connectivity index (χ0n) is 19.6. The van der Waals surface area contributed by atoms with Crippen molar-refractivity contribution in [1.82, 2.24) is 19.6 Å². The van der Waals surface area contributed by atoms with Crippen LogP contribution in [0.15, 0.2) is 78.0 Å². The molecule has 4 rings (SSSR count). The molecule has 0 aliphatic rings. The fourth-order valence-corrected chi connectivity index (χ4v) is 3.60. The highest BCUT2D eigenvalue weighted by molar-refractivity contribution is 5.87. The molecule has 2 aromatic carbocycles. The first kappa shape index (κ1) is 26.3. The van der Waals surface area contributed by atoms with Crippen LogP contribution >= 0.6 is 0 Å². The van der Waals surface area contributed by atoms with Crippen molar-refractivity contribution >= 4 is 17.6 Å². The quantitative estimate of drug-likeness (QED) is 0.222. The van der Waals surface area contributed by atoms with E-state index >= 15 is 0 Å². The third kappa shape index (κ3) is 6.11. The summed E-state index contributed by atoms with van der Waals surface area (Å²) < 4.78 is 69.4. The molecule has 0 fully saturated rings. The molecule has 0 bridgehead atoms. The van der Waals surface area contributed by atoms with Crippen molar-refractivity contribution in [3.8, 4) is 22.6 Å². The van der Waals surface area contributed by atoms with Crippen molar-refractivity contribution in [2.75, 3.05) is 5.32 Å². The van der Waals surface area contributed by atoms with Gasteiger partial charge in [-0.2, -0.15) is 19.0 Å². The highest BCUT2D eigenvalue weighted by atomic mass is 19.4. The molecule has 0 spiro atoms. The van der Waals surface area contributed by atoms with Gasteiger partial charge in [-0.05, 0) is 48.4 Å². The second-order valence-electron chi connectivity index (χ2n) is 7.91. The Bertz CT molecular complexity index is 1560. The zero-order chi connectivity index (χ0) is 27.4. The van der Waals surface area contributed by atoms with Crippen LogP contribution in [0.1, 0.15) is 17.8 Å². The maximum Gasteiger partial charge on any atom is 0.573 e. The van der Waals surface area contributed by atoms with Crippen LogP contribution in [0.2, 0.25) is 0 Å². The van der Waals surface area contributed by atoms with Crippen LogP contribution in [0.5, 0.6) is 5.75 Å². The van der Waals surface area contributed by atoms with Gasteiger partial charge in [-0.15, -0.1) is 13.2 Å². The summed E-state index contributed by atoms with van der Waals surface area (Å²) in [6.07, 6.45) is 1.24. The maximum absolute atomic E-state index is 12.9. The SMILES string of the molecule is Cc1cc(-c2cnn(C(F)F)c2)ccc1-n1ccc(=O)c(/C(=C/C=N)Nc2cccc(OC(F)(F)F)c2)n1. The standard InChI is InChI=1S/C25H19F5N6O2/c1-15-11-16(17-13-32-36(14-17)24(26)27)5-6-21(15)35-10-8-22(37)23(34-35)20(7-9-31)33-18-3-2-4-19(12-18)38-25(28,29)30/h2-14,24,31,33H,1H3/b20-7-,31-9?. The summed E-state index contributed by atoms with van der Waals surface area (Å²) in [5.74, 6) is -0.468. The van der Waals surface area contributed by atoms with Crippen molar-refractivity contribution in [2.24, 2.45) is 0 Å². The number of nitrogens with zero attached hydrogens (tertiary/aromatic N) is 4. The summed E-state index contributed by atoms with van der Waals surface area (Å²) in [6, 6.07) is 11.4. The first-order chi connectivity index (χ1) is 18.0. The molecule has 0 unspecified atom stereocenters. The summed E-state index contributed by atoms with van der Waals surface area (Å²) in [5.41, 5.74) is 2.05. The molecule has 2 heterocycles. The van der Waals surface area contributed by atoms with E-state index in [0.29, 0.717) is 27.1 Å². The van der Waals surface area contributed by atoms with Crippen LogP contribution in [-0.4, -0.2) is 32.1 Å². The Morgan fingerprint density at radius 3 is 2.58 bits per heavy atom. The van der Waals surface area contributed by atoms with Gasteiger partial charge < -0.3 is 15.5 Å². The minimum Gasteiger partial charge on any atom is -0.406 e. The van der Waals surface area contributed by atoms with E-state index in [0.717, 1.165) is 18.3 Å². The van der Waals surface area contributed by atoms with Gasteiger partial charge in [0.1, 0.15) is 5.75 Å². The number of halogens is 5. The molecule has 0 atom stereocenters. The van der Waals surface area contributed by atoms with Gasteiger partial charge >= 0.3 is 12.9 Å². The number of alkyl halides is 5. The number of rotatable bonds is 8. The highest BCUT2D eigenvalue weighted by Gasteiger charge is 2.31.